The smallest absolute Gasteiger partial charge is 0.255 e. The van der Waals surface area contributed by atoms with E-state index in [4.69, 9.17) is 17.0 Å². The van der Waals surface area contributed by atoms with Crippen molar-refractivity contribution in [2.75, 3.05) is 6.61 Å². The van der Waals surface area contributed by atoms with Crippen LogP contribution in [0.5, 0.6) is 11.6 Å². The Kier molecular flexibility index (Phi) is 3.47. The van der Waals surface area contributed by atoms with Gasteiger partial charge in [-0.15, -0.1) is 0 Å². The first-order valence-corrected chi connectivity index (χ1v) is 5.81. The molecule has 6 heteroatoms. The van der Waals surface area contributed by atoms with Gasteiger partial charge in [-0.3, -0.25) is 14.3 Å². The lowest BCUT2D eigenvalue weighted by Crippen LogP contribution is -2.10. The summed E-state index contributed by atoms with van der Waals surface area (Å²) in [6.45, 7) is 2.49. The van der Waals surface area contributed by atoms with Crippen molar-refractivity contribution in [2.45, 2.75) is 6.92 Å². The number of hydrogen-bond acceptors (Lipinski definition) is 4. The molecule has 0 aliphatic rings. The molecule has 5 nitrogen and oxygen atoms in total. The van der Waals surface area contributed by atoms with E-state index in [1.807, 2.05) is 6.92 Å². The van der Waals surface area contributed by atoms with Gasteiger partial charge < -0.3 is 9.84 Å². The van der Waals surface area contributed by atoms with Gasteiger partial charge in [0.1, 0.15) is 5.75 Å². The Hall–Kier alpha value is -2.08. The number of aromatic amines is 1. The Balaban J connectivity index is 2.49. The lowest BCUT2D eigenvalue weighted by atomic mass is 10.3. The first-order chi connectivity index (χ1) is 8.61. The molecular formula is C12H12N2O3S. The van der Waals surface area contributed by atoms with Gasteiger partial charge in [0, 0.05) is 0 Å². The summed E-state index contributed by atoms with van der Waals surface area (Å²) in [7, 11) is 0. The maximum atomic E-state index is 11.1. The first kappa shape index (κ1) is 12.4. The van der Waals surface area contributed by atoms with Crippen molar-refractivity contribution in [1.82, 2.24) is 9.55 Å². The highest BCUT2D eigenvalue weighted by atomic mass is 32.1. The predicted molar refractivity (Wildman–Crippen MR) is 70.1 cm³/mol. The molecule has 1 heterocycles. The third kappa shape index (κ3) is 2.43. The van der Waals surface area contributed by atoms with Gasteiger partial charge in [-0.2, -0.15) is 0 Å². The van der Waals surface area contributed by atoms with E-state index >= 15 is 0 Å². The number of benzene rings is 1. The van der Waals surface area contributed by atoms with Crippen LogP contribution < -0.4 is 10.3 Å². The Morgan fingerprint density at radius 2 is 2.06 bits per heavy atom. The Labute approximate surface area is 108 Å². The van der Waals surface area contributed by atoms with Crippen LogP contribution in [0, 0.1) is 4.77 Å². The Bertz CT molecular complexity index is 658. The number of ether oxygens (including phenoxy) is 1. The minimum Gasteiger partial charge on any atom is -0.494 e. The molecule has 1 aromatic carbocycles. The molecular weight excluding hydrogens is 252 g/mol. The molecule has 0 fully saturated rings. The molecule has 0 saturated heterocycles. The van der Waals surface area contributed by atoms with Gasteiger partial charge in [0.15, 0.2) is 4.77 Å². The van der Waals surface area contributed by atoms with E-state index in [0.29, 0.717) is 12.3 Å². The van der Waals surface area contributed by atoms with Crippen LogP contribution >= 0.6 is 12.2 Å². The van der Waals surface area contributed by atoms with Crippen LogP contribution in [-0.2, 0) is 0 Å². The number of aromatic hydroxyl groups is 1. The van der Waals surface area contributed by atoms with E-state index in [1.165, 1.54) is 4.57 Å². The van der Waals surface area contributed by atoms with Gasteiger partial charge in [0.2, 0.25) is 5.88 Å². The maximum Gasteiger partial charge on any atom is 0.255 e. The molecule has 2 aromatic rings. The lowest BCUT2D eigenvalue weighted by molar-refractivity contribution is 0.340. The fourth-order valence-electron chi connectivity index (χ4n) is 1.59. The summed E-state index contributed by atoms with van der Waals surface area (Å²) in [4.78, 5) is 13.6. The average Bonchev–Trinajstić information content (AvgIpc) is 2.30. The standard InChI is InChI=1S/C12H12N2O3S/c1-2-17-9-5-3-8(4-6-9)14-11(16)7-10(15)13-12(14)18/h3-7,16H,2H2,1H3,(H,13,15,18). The minimum atomic E-state index is -0.431. The van der Waals surface area contributed by atoms with Gasteiger partial charge in [-0.1, -0.05) is 0 Å². The van der Waals surface area contributed by atoms with E-state index in [1.54, 1.807) is 24.3 Å². The Morgan fingerprint density at radius 3 is 2.61 bits per heavy atom. The van der Waals surface area contributed by atoms with E-state index in [-0.39, 0.29) is 10.7 Å². The summed E-state index contributed by atoms with van der Waals surface area (Å²) in [5.41, 5.74) is 0.219. The quantitative estimate of drug-likeness (QED) is 0.832. The third-order valence-corrected chi connectivity index (χ3v) is 2.61. The van der Waals surface area contributed by atoms with E-state index in [9.17, 15) is 9.90 Å². The summed E-state index contributed by atoms with van der Waals surface area (Å²) >= 11 is 5.01. The van der Waals surface area contributed by atoms with Crippen molar-refractivity contribution in [1.29, 1.82) is 0 Å². The van der Waals surface area contributed by atoms with Crippen LogP contribution in [0.1, 0.15) is 6.92 Å². The number of rotatable bonds is 3. The van der Waals surface area contributed by atoms with E-state index < -0.39 is 5.56 Å². The molecule has 0 bridgehead atoms. The van der Waals surface area contributed by atoms with Gasteiger partial charge >= 0.3 is 0 Å². The molecule has 0 aliphatic heterocycles. The number of nitrogens with zero attached hydrogens (tertiary/aromatic N) is 1. The molecule has 0 atom stereocenters. The second-order valence-corrected chi connectivity index (χ2v) is 3.95. The second kappa shape index (κ2) is 5.05. The van der Waals surface area contributed by atoms with Gasteiger partial charge in [-0.25, -0.2) is 0 Å². The average molecular weight is 264 g/mol. The van der Waals surface area contributed by atoms with Crippen molar-refractivity contribution < 1.29 is 9.84 Å². The molecule has 94 valence electrons. The van der Waals surface area contributed by atoms with Crippen molar-refractivity contribution in [3.05, 3.63) is 45.5 Å². The molecule has 1 aromatic heterocycles. The number of nitrogens with one attached hydrogen (secondary N) is 1. The number of aromatic nitrogens is 2. The summed E-state index contributed by atoms with van der Waals surface area (Å²) < 4.78 is 6.83. The molecule has 0 spiro atoms. The molecule has 0 aliphatic carbocycles. The van der Waals surface area contributed by atoms with Crippen molar-refractivity contribution in [2.24, 2.45) is 0 Å². The van der Waals surface area contributed by atoms with E-state index in [2.05, 4.69) is 4.98 Å². The van der Waals surface area contributed by atoms with Crippen LogP contribution in [0.15, 0.2) is 35.1 Å². The summed E-state index contributed by atoms with van der Waals surface area (Å²) in [6, 6.07) is 8.11. The topological polar surface area (TPSA) is 67.2 Å². The van der Waals surface area contributed by atoms with Crippen LogP contribution in [0.25, 0.3) is 5.69 Å². The molecule has 0 amide bonds. The monoisotopic (exact) mass is 264 g/mol. The van der Waals surface area contributed by atoms with Gasteiger partial charge in [0.25, 0.3) is 5.56 Å². The van der Waals surface area contributed by atoms with Crippen LogP contribution in [0.3, 0.4) is 0 Å². The summed E-state index contributed by atoms with van der Waals surface area (Å²) in [5.74, 6) is 0.532. The van der Waals surface area contributed by atoms with Crippen LogP contribution in [0.2, 0.25) is 0 Å². The van der Waals surface area contributed by atoms with Crippen molar-refractivity contribution in [3.8, 4) is 17.3 Å². The predicted octanol–water partition coefficient (Wildman–Crippen LogP) is 2.00. The molecule has 2 rings (SSSR count). The molecule has 0 radical (unpaired) electrons. The largest absolute Gasteiger partial charge is 0.494 e. The van der Waals surface area contributed by atoms with E-state index in [0.717, 1.165) is 11.8 Å². The molecule has 0 saturated carbocycles. The fourth-order valence-corrected chi connectivity index (χ4v) is 1.89. The number of hydrogen-bond donors (Lipinski definition) is 2. The maximum absolute atomic E-state index is 11.1. The zero-order valence-electron chi connectivity index (χ0n) is 9.71. The lowest BCUT2D eigenvalue weighted by Gasteiger charge is -2.09. The van der Waals surface area contributed by atoms with Crippen LogP contribution in [-0.4, -0.2) is 21.3 Å². The zero-order valence-corrected chi connectivity index (χ0v) is 10.5. The fraction of sp³-hybridized carbons (Fsp3) is 0.167. The third-order valence-electron chi connectivity index (χ3n) is 2.33. The minimum absolute atomic E-state index is 0.143. The second-order valence-electron chi connectivity index (χ2n) is 3.56. The van der Waals surface area contributed by atoms with Crippen molar-refractivity contribution >= 4 is 12.2 Å². The van der Waals surface area contributed by atoms with Crippen molar-refractivity contribution in [3.63, 3.8) is 0 Å². The highest BCUT2D eigenvalue weighted by Gasteiger charge is 2.04. The molecule has 2 N–H and O–H groups in total. The highest BCUT2D eigenvalue weighted by molar-refractivity contribution is 7.71. The molecule has 18 heavy (non-hydrogen) atoms. The Morgan fingerprint density at radius 1 is 1.39 bits per heavy atom. The zero-order chi connectivity index (χ0) is 13.1. The highest BCUT2D eigenvalue weighted by Crippen LogP contribution is 2.19. The SMILES string of the molecule is CCOc1ccc(-n2c(O)cc(=O)[nH]c2=S)cc1. The number of H-pyrrole nitrogens is 1. The summed E-state index contributed by atoms with van der Waals surface area (Å²) in [5, 5.41) is 9.74. The van der Waals surface area contributed by atoms with Gasteiger partial charge in [-0.05, 0) is 43.4 Å². The summed E-state index contributed by atoms with van der Waals surface area (Å²) in [6.07, 6.45) is 0. The molecule has 0 unspecified atom stereocenters. The normalized spacial score (nSPS) is 10.3. The van der Waals surface area contributed by atoms with Gasteiger partial charge in [0.05, 0.1) is 18.4 Å². The first-order valence-electron chi connectivity index (χ1n) is 5.40. The van der Waals surface area contributed by atoms with Crippen LogP contribution in [0.4, 0.5) is 0 Å².